The summed E-state index contributed by atoms with van der Waals surface area (Å²) in [5, 5.41) is 2.96. The number of aromatic nitrogens is 4. The van der Waals surface area contributed by atoms with E-state index in [1.54, 1.807) is 10.9 Å². The van der Waals surface area contributed by atoms with E-state index in [0.29, 0.717) is 30.7 Å². The van der Waals surface area contributed by atoms with Gasteiger partial charge < -0.3 is 9.88 Å². The van der Waals surface area contributed by atoms with Gasteiger partial charge in [0, 0.05) is 18.8 Å². The Labute approximate surface area is 187 Å². The molecule has 3 rings (SSSR count). The van der Waals surface area contributed by atoms with E-state index >= 15 is 0 Å². The van der Waals surface area contributed by atoms with Crippen molar-refractivity contribution in [2.45, 2.75) is 79.4 Å². The van der Waals surface area contributed by atoms with Crippen molar-refractivity contribution < 1.29 is 4.79 Å². The van der Waals surface area contributed by atoms with E-state index < -0.39 is 11.2 Å². The van der Waals surface area contributed by atoms with Gasteiger partial charge in [0.15, 0.2) is 11.2 Å². The Morgan fingerprint density at radius 2 is 1.66 bits per heavy atom. The SMILES string of the molecule is CCCCn1cnc2c1c(=O)n(CC(=O)Nc1c(CC)cccc1CC)c(=O)n2CCC. The van der Waals surface area contributed by atoms with E-state index in [2.05, 4.69) is 17.2 Å². The van der Waals surface area contributed by atoms with Crippen LogP contribution in [0.1, 0.15) is 58.1 Å². The number of nitrogens with one attached hydrogen (secondary N) is 1. The molecule has 0 fully saturated rings. The summed E-state index contributed by atoms with van der Waals surface area (Å²) in [6, 6.07) is 5.94. The Morgan fingerprint density at radius 3 is 2.25 bits per heavy atom. The first-order chi connectivity index (χ1) is 15.5. The zero-order valence-electron chi connectivity index (χ0n) is 19.5. The number of nitrogens with zero attached hydrogens (tertiary/aromatic N) is 4. The van der Waals surface area contributed by atoms with E-state index in [1.165, 1.54) is 4.57 Å². The third-order valence-corrected chi connectivity index (χ3v) is 5.75. The molecule has 0 spiro atoms. The van der Waals surface area contributed by atoms with Crippen molar-refractivity contribution in [2.24, 2.45) is 0 Å². The number of carbonyl (C=O) groups excluding carboxylic acids is 1. The normalized spacial score (nSPS) is 11.2. The number of carbonyl (C=O) groups is 1. The lowest BCUT2D eigenvalue weighted by molar-refractivity contribution is -0.116. The van der Waals surface area contributed by atoms with Gasteiger partial charge in [-0.15, -0.1) is 0 Å². The van der Waals surface area contributed by atoms with Gasteiger partial charge in [-0.2, -0.15) is 0 Å². The van der Waals surface area contributed by atoms with Crippen LogP contribution in [0.4, 0.5) is 5.69 Å². The van der Waals surface area contributed by atoms with Crippen LogP contribution in [0.25, 0.3) is 11.2 Å². The molecule has 0 saturated carbocycles. The van der Waals surface area contributed by atoms with Crippen LogP contribution in [-0.4, -0.2) is 24.6 Å². The highest BCUT2D eigenvalue weighted by molar-refractivity contribution is 5.92. The largest absolute Gasteiger partial charge is 0.333 e. The van der Waals surface area contributed by atoms with Crippen LogP contribution in [0.2, 0.25) is 0 Å². The van der Waals surface area contributed by atoms with Crippen LogP contribution in [0, 0.1) is 0 Å². The van der Waals surface area contributed by atoms with Crippen LogP contribution in [0.15, 0.2) is 34.1 Å². The number of fused-ring (bicyclic) bond motifs is 1. The molecule has 3 aromatic rings. The maximum absolute atomic E-state index is 13.3. The molecular weight excluding hydrogens is 406 g/mol. The molecule has 0 aliphatic carbocycles. The molecule has 1 N–H and O–H groups in total. The lowest BCUT2D eigenvalue weighted by Gasteiger charge is -2.15. The first-order valence-corrected chi connectivity index (χ1v) is 11.6. The minimum atomic E-state index is -0.500. The van der Waals surface area contributed by atoms with E-state index in [-0.39, 0.29) is 12.5 Å². The van der Waals surface area contributed by atoms with Gasteiger partial charge in [-0.25, -0.2) is 14.3 Å². The van der Waals surface area contributed by atoms with E-state index in [9.17, 15) is 14.4 Å². The second kappa shape index (κ2) is 10.4. The number of aryl methyl sites for hydroxylation is 4. The highest BCUT2D eigenvalue weighted by atomic mass is 16.2. The molecule has 0 unspecified atom stereocenters. The van der Waals surface area contributed by atoms with Crippen molar-refractivity contribution in [1.29, 1.82) is 0 Å². The third-order valence-electron chi connectivity index (χ3n) is 5.75. The molecule has 0 saturated heterocycles. The summed E-state index contributed by atoms with van der Waals surface area (Å²) in [4.78, 5) is 43.8. The van der Waals surface area contributed by atoms with Gasteiger partial charge in [-0.3, -0.25) is 14.2 Å². The summed E-state index contributed by atoms with van der Waals surface area (Å²) < 4.78 is 4.34. The summed E-state index contributed by atoms with van der Waals surface area (Å²) >= 11 is 0. The standard InChI is InChI=1S/C24H33N5O3/c1-5-9-14-27-16-25-22-21(27)23(31)29(24(32)28(22)13-6-2)15-19(30)26-20-17(7-3)11-10-12-18(20)8-4/h10-12,16H,5-9,13-15H2,1-4H3,(H,26,30). The molecule has 8 nitrogen and oxygen atoms in total. The Hall–Kier alpha value is -3.16. The van der Waals surface area contributed by atoms with Crippen molar-refractivity contribution in [3.63, 3.8) is 0 Å². The van der Waals surface area contributed by atoms with Crippen LogP contribution in [-0.2, 0) is 37.3 Å². The maximum Gasteiger partial charge on any atom is 0.333 e. The zero-order valence-corrected chi connectivity index (χ0v) is 19.5. The van der Waals surface area contributed by atoms with Crippen LogP contribution in [0.5, 0.6) is 0 Å². The first-order valence-electron chi connectivity index (χ1n) is 11.6. The summed E-state index contributed by atoms with van der Waals surface area (Å²) in [5.74, 6) is -0.387. The van der Waals surface area contributed by atoms with Crippen molar-refractivity contribution in [3.8, 4) is 0 Å². The monoisotopic (exact) mass is 439 g/mol. The van der Waals surface area contributed by atoms with Gasteiger partial charge in [0.1, 0.15) is 6.54 Å². The zero-order chi connectivity index (χ0) is 23.3. The number of rotatable bonds is 10. The summed E-state index contributed by atoms with van der Waals surface area (Å²) in [6.45, 7) is 8.84. The smallest absolute Gasteiger partial charge is 0.325 e. The van der Waals surface area contributed by atoms with Crippen LogP contribution >= 0.6 is 0 Å². The van der Waals surface area contributed by atoms with E-state index in [1.807, 2.05) is 39.0 Å². The Bertz CT molecular complexity index is 1200. The summed E-state index contributed by atoms with van der Waals surface area (Å²) in [5.41, 5.74) is 2.63. The van der Waals surface area contributed by atoms with E-state index in [4.69, 9.17) is 0 Å². The molecule has 8 heteroatoms. The number of para-hydroxylation sites is 1. The number of hydrogen-bond donors (Lipinski definition) is 1. The number of benzene rings is 1. The van der Waals surface area contributed by atoms with Crippen molar-refractivity contribution >= 4 is 22.8 Å². The molecular formula is C24H33N5O3. The predicted octanol–water partition coefficient (Wildman–Crippen LogP) is 3.33. The molecule has 2 aromatic heterocycles. The molecule has 0 bridgehead atoms. The van der Waals surface area contributed by atoms with E-state index in [0.717, 1.165) is 47.1 Å². The van der Waals surface area contributed by atoms with Crippen molar-refractivity contribution in [1.82, 2.24) is 18.7 Å². The fourth-order valence-electron chi connectivity index (χ4n) is 4.03. The Kier molecular flexibility index (Phi) is 7.66. The summed E-state index contributed by atoms with van der Waals surface area (Å²) in [7, 11) is 0. The average Bonchev–Trinajstić information content (AvgIpc) is 3.22. The van der Waals surface area contributed by atoms with Gasteiger partial charge in [0.05, 0.1) is 6.33 Å². The lowest BCUT2D eigenvalue weighted by atomic mass is 10.0. The topological polar surface area (TPSA) is 90.9 Å². The Morgan fingerprint density at radius 1 is 0.969 bits per heavy atom. The van der Waals surface area contributed by atoms with Crippen LogP contribution < -0.4 is 16.6 Å². The minimum absolute atomic E-state index is 0.336. The van der Waals surface area contributed by atoms with Crippen molar-refractivity contribution in [3.05, 3.63) is 56.5 Å². The number of anilines is 1. The fraction of sp³-hybridized carbons (Fsp3) is 0.500. The van der Waals surface area contributed by atoms with Gasteiger partial charge in [0.25, 0.3) is 5.56 Å². The lowest BCUT2D eigenvalue weighted by Crippen LogP contribution is -2.43. The average molecular weight is 440 g/mol. The van der Waals surface area contributed by atoms with Gasteiger partial charge in [0.2, 0.25) is 5.91 Å². The fourth-order valence-corrected chi connectivity index (χ4v) is 4.03. The first kappa shape index (κ1) is 23.5. The highest BCUT2D eigenvalue weighted by Gasteiger charge is 2.20. The minimum Gasteiger partial charge on any atom is -0.325 e. The Balaban J connectivity index is 2.04. The second-order valence-electron chi connectivity index (χ2n) is 8.00. The molecule has 0 aliphatic heterocycles. The molecule has 32 heavy (non-hydrogen) atoms. The predicted molar refractivity (Wildman–Crippen MR) is 127 cm³/mol. The molecule has 2 heterocycles. The van der Waals surface area contributed by atoms with Gasteiger partial charge in [-0.05, 0) is 36.8 Å². The molecule has 0 aliphatic rings. The van der Waals surface area contributed by atoms with Crippen LogP contribution in [0.3, 0.4) is 0 Å². The maximum atomic E-state index is 13.3. The molecule has 172 valence electrons. The number of amides is 1. The van der Waals surface area contributed by atoms with Gasteiger partial charge in [-0.1, -0.05) is 52.3 Å². The molecule has 0 atom stereocenters. The molecule has 0 radical (unpaired) electrons. The highest BCUT2D eigenvalue weighted by Crippen LogP contribution is 2.22. The third kappa shape index (κ3) is 4.54. The quantitative estimate of drug-likeness (QED) is 0.525. The van der Waals surface area contributed by atoms with Gasteiger partial charge >= 0.3 is 5.69 Å². The molecule has 1 amide bonds. The number of hydrogen-bond acceptors (Lipinski definition) is 4. The van der Waals surface area contributed by atoms with Crippen molar-refractivity contribution in [2.75, 3.05) is 5.32 Å². The second-order valence-corrected chi connectivity index (χ2v) is 8.00. The number of imidazole rings is 1. The summed E-state index contributed by atoms with van der Waals surface area (Å²) in [6.07, 6.45) is 5.74. The number of unbranched alkanes of at least 4 members (excludes halogenated alkanes) is 1. The molecule has 1 aromatic carbocycles.